The van der Waals surface area contributed by atoms with Crippen molar-refractivity contribution in [2.45, 2.75) is 12.8 Å². The maximum absolute atomic E-state index is 11.6. The zero-order chi connectivity index (χ0) is 12.4. The third-order valence-electron chi connectivity index (χ3n) is 2.69. The van der Waals surface area contributed by atoms with Crippen LogP contribution in [0.15, 0.2) is 18.2 Å². The molecule has 5 heteroatoms. The minimum atomic E-state index is -0.895. The van der Waals surface area contributed by atoms with Crippen LogP contribution in [0.25, 0.3) is 0 Å². The minimum Gasteiger partial charge on any atom is -0.491 e. The Morgan fingerprint density at radius 1 is 1.53 bits per heavy atom. The Morgan fingerprint density at radius 3 is 3.00 bits per heavy atom. The number of hydrogen-bond acceptors (Lipinski definition) is 3. The van der Waals surface area contributed by atoms with Gasteiger partial charge in [0.05, 0.1) is 25.1 Å². The summed E-state index contributed by atoms with van der Waals surface area (Å²) in [6, 6.07) is 5.10. The molecule has 1 amide bonds. The van der Waals surface area contributed by atoms with Crippen LogP contribution in [0, 0.1) is 0 Å². The van der Waals surface area contributed by atoms with Crippen molar-refractivity contribution < 1.29 is 19.4 Å². The topological polar surface area (TPSA) is 66.8 Å². The zero-order valence-corrected chi connectivity index (χ0v) is 9.47. The number of hydrogen-bond donors (Lipinski definition) is 1. The Bertz CT molecular complexity index is 470. The smallest absolute Gasteiger partial charge is 0.307 e. The first-order valence-corrected chi connectivity index (χ1v) is 5.32. The number of carboxylic acid groups (broad SMARTS) is 1. The molecule has 17 heavy (non-hydrogen) atoms. The molecular formula is C12H13NO4. The van der Waals surface area contributed by atoms with E-state index in [1.807, 2.05) is 0 Å². The predicted molar refractivity (Wildman–Crippen MR) is 61.3 cm³/mol. The fourth-order valence-corrected chi connectivity index (χ4v) is 1.78. The fourth-order valence-electron chi connectivity index (χ4n) is 1.78. The molecule has 0 unspecified atom stereocenters. The van der Waals surface area contributed by atoms with Gasteiger partial charge < -0.3 is 14.7 Å². The summed E-state index contributed by atoms with van der Waals surface area (Å²) in [5, 5.41) is 8.73. The highest BCUT2D eigenvalue weighted by Gasteiger charge is 2.20. The van der Waals surface area contributed by atoms with Gasteiger partial charge in [-0.25, -0.2) is 0 Å². The number of amides is 1. The molecule has 0 bridgehead atoms. The molecule has 1 aromatic rings. The number of fused-ring (bicyclic) bond motifs is 1. The van der Waals surface area contributed by atoms with Crippen LogP contribution in [0.3, 0.4) is 0 Å². The first-order valence-electron chi connectivity index (χ1n) is 5.32. The van der Waals surface area contributed by atoms with Crippen molar-refractivity contribution in [3.63, 3.8) is 0 Å². The maximum atomic E-state index is 11.6. The monoisotopic (exact) mass is 235 g/mol. The average Bonchev–Trinajstić information content (AvgIpc) is 2.40. The molecular weight excluding hydrogens is 222 g/mol. The van der Waals surface area contributed by atoms with E-state index in [2.05, 4.69) is 0 Å². The lowest BCUT2D eigenvalue weighted by Gasteiger charge is -2.16. The highest BCUT2D eigenvalue weighted by molar-refractivity contribution is 5.95. The molecule has 1 heterocycles. The van der Waals surface area contributed by atoms with Crippen LogP contribution in [0.4, 0.5) is 5.69 Å². The SMILES string of the molecule is CN1C(=O)CCOc2ccc(CC(=O)O)cc21. The molecule has 0 aromatic heterocycles. The van der Waals surface area contributed by atoms with E-state index < -0.39 is 5.97 Å². The van der Waals surface area contributed by atoms with Crippen molar-refractivity contribution in [1.82, 2.24) is 0 Å². The van der Waals surface area contributed by atoms with Crippen LogP contribution in [-0.2, 0) is 16.0 Å². The van der Waals surface area contributed by atoms with Gasteiger partial charge in [-0.05, 0) is 17.7 Å². The van der Waals surface area contributed by atoms with Gasteiger partial charge in [-0.15, -0.1) is 0 Å². The number of carboxylic acids is 1. The van der Waals surface area contributed by atoms with Gasteiger partial charge in [-0.1, -0.05) is 6.07 Å². The minimum absolute atomic E-state index is 0.0313. The summed E-state index contributed by atoms with van der Waals surface area (Å²) >= 11 is 0. The second-order valence-electron chi connectivity index (χ2n) is 3.92. The molecule has 0 spiro atoms. The highest BCUT2D eigenvalue weighted by Crippen LogP contribution is 2.31. The van der Waals surface area contributed by atoms with Crippen molar-refractivity contribution >= 4 is 17.6 Å². The van der Waals surface area contributed by atoms with E-state index in [-0.39, 0.29) is 12.3 Å². The molecule has 1 N–H and O–H groups in total. The van der Waals surface area contributed by atoms with Crippen molar-refractivity contribution in [3.05, 3.63) is 23.8 Å². The van der Waals surface area contributed by atoms with Gasteiger partial charge in [0.2, 0.25) is 5.91 Å². The van der Waals surface area contributed by atoms with Gasteiger partial charge in [0.25, 0.3) is 0 Å². The predicted octanol–water partition coefficient (Wildman–Crippen LogP) is 1.06. The molecule has 0 aliphatic carbocycles. The lowest BCUT2D eigenvalue weighted by molar-refractivity contribution is -0.136. The van der Waals surface area contributed by atoms with E-state index in [1.54, 1.807) is 25.2 Å². The van der Waals surface area contributed by atoms with Crippen LogP contribution in [0.1, 0.15) is 12.0 Å². The zero-order valence-electron chi connectivity index (χ0n) is 9.47. The molecule has 1 aliphatic rings. The molecule has 0 fully saturated rings. The largest absolute Gasteiger partial charge is 0.491 e. The number of aliphatic carboxylic acids is 1. The lowest BCUT2D eigenvalue weighted by Crippen LogP contribution is -2.25. The molecule has 5 nitrogen and oxygen atoms in total. The third kappa shape index (κ3) is 2.38. The number of ether oxygens (including phenoxy) is 1. The number of rotatable bonds is 2. The first-order chi connectivity index (χ1) is 8.08. The van der Waals surface area contributed by atoms with Crippen molar-refractivity contribution in [3.8, 4) is 5.75 Å². The summed E-state index contributed by atoms with van der Waals surface area (Å²) in [4.78, 5) is 23.8. The summed E-state index contributed by atoms with van der Waals surface area (Å²) in [5.41, 5.74) is 1.28. The van der Waals surface area contributed by atoms with Gasteiger partial charge in [0.1, 0.15) is 5.75 Å². The number of carbonyl (C=O) groups is 2. The van der Waals surface area contributed by atoms with Crippen molar-refractivity contribution in [2.75, 3.05) is 18.6 Å². The molecule has 0 atom stereocenters. The number of benzene rings is 1. The van der Waals surface area contributed by atoms with E-state index in [1.165, 1.54) is 4.90 Å². The van der Waals surface area contributed by atoms with E-state index in [4.69, 9.17) is 9.84 Å². The number of nitrogens with zero attached hydrogens (tertiary/aromatic N) is 1. The average molecular weight is 235 g/mol. The first kappa shape index (κ1) is 11.4. The van der Waals surface area contributed by atoms with Gasteiger partial charge in [-0.3, -0.25) is 9.59 Å². The van der Waals surface area contributed by atoms with Gasteiger partial charge in [-0.2, -0.15) is 0 Å². The van der Waals surface area contributed by atoms with Gasteiger partial charge in [0.15, 0.2) is 0 Å². The van der Waals surface area contributed by atoms with E-state index in [0.717, 1.165) is 0 Å². The summed E-state index contributed by atoms with van der Waals surface area (Å²) < 4.78 is 5.44. The third-order valence-corrected chi connectivity index (χ3v) is 2.69. The maximum Gasteiger partial charge on any atom is 0.307 e. The summed E-state index contributed by atoms with van der Waals surface area (Å²) in [5.74, 6) is -0.308. The molecule has 1 aliphatic heterocycles. The Balaban J connectivity index is 2.38. The van der Waals surface area contributed by atoms with Crippen LogP contribution < -0.4 is 9.64 Å². The second kappa shape index (κ2) is 4.45. The number of carbonyl (C=O) groups excluding carboxylic acids is 1. The molecule has 90 valence electrons. The lowest BCUT2D eigenvalue weighted by atomic mass is 10.1. The highest BCUT2D eigenvalue weighted by atomic mass is 16.5. The molecule has 0 radical (unpaired) electrons. The Labute approximate surface area is 98.6 Å². The van der Waals surface area contributed by atoms with Crippen LogP contribution >= 0.6 is 0 Å². The fraction of sp³-hybridized carbons (Fsp3) is 0.333. The Hall–Kier alpha value is -2.04. The summed E-state index contributed by atoms with van der Waals surface area (Å²) in [6.45, 7) is 0.356. The van der Waals surface area contributed by atoms with Crippen molar-refractivity contribution in [1.29, 1.82) is 0 Å². The van der Waals surface area contributed by atoms with Crippen LogP contribution in [-0.4, -0.2) is 30.6 Å². The van der Waals surface area contributed by atoms with E-state index in [9.17, 15) is 9.59 Å². The van der Waals surface area contributed by atoms with E-state index in [0.29, 0.717) is 30.0 Å². The Morgan fingerprint density at radius 2 is 2.29 bits per heavy atom. The normalized spacial score (nSPS) is 14.9. The summed E-state index contributed by atoms with van der Waals surface area (Å²) in [7, 11) is 1.67. The standard InChI is InChI=1S/C12H13NO4/c1-13-9-6-8(7-12(15)16)2-3-10(9)17-5-4-11(13)14/h2-3,6H,4-5,7H2,1H3,(H,15,16). The van der Waals surface area contributed by atoms with Crippen LogP contribution in [0.5, 0.6) is 5.75 Å². The Kier molecular flexibility index (Phi) is 2.99. The molecule has 1 aromatic carbocycles. The number of anilines is 1. The quantitative estimate of drug-likeness (QED) is 0.832. The molecule has 0 saturated carbocycles. The van der Waals surface area contributed by atoms with Gasteiger partial charge in [0, 0.05) is 7.05 Å². The van der Waals surface area contributed by atoms with E-state index >= 15 is 0 Å². The van der Waals surface area contributed by atoms with Crippen molar-refractivity contribution in [2.24, 2.45) is 0 Å². The summed E-state index contributed by atoms with van der Waals surface area (Å²) in [6.07, 6.45) is 0.273. The van der Waals surface area contributed by atoms with Crippen LogP contribution in [0.2, 0.25) is 0 Å². The second-order valence-corrected chi connectivity index (χ2v) is 3.92. The van der Waals surface area contributed by atoms with Gasteiger partial charge >= 0.3 is 5.97 Å². The molecule has 0 saturated heterocycles. The molecule has 2 rings (SSSR count).